The van der Waals surface area contributed by atoms with Crippen molar-refractivity contribution in [2.45, 2.75) is 18.9 Å². The number of ether oxygens (including phenoxy) is 1. The quantitative estimate of drug-likeness (QED) is 0.671. The molecule has 1 aliphatic rings. The van der Waals surface area contributed by atoms with Crippen LogP contribution in [0.1, 0.15) is 23.2 Å². The molecule has 0 bridgehead atoms. The summed E-state index contributed by atoms with van der Waals surface area (Å²) in [7, 11) is 0. The molecule has 24 heavy (non-hydrogen) atoms. The van der Waals surface area contributed by atoms with Crippen LogP contribution >= 0.6 is 0 Å². The van der Waals surface area contributed by atoms with Gasteiger partial charge in [0.15, 0.2) is 0 Å². The lowest BCUT2D eigenvalue weighted by Crippen LogP contribution is -2.36. The second-order valence-electron chi connectivity index (χ2n) is 5.64. The van der Waals surface area contributed by atoms with Crippen molar-refractivity contribution in [1.82, 2.24) is 5.32 Å². The normalized spacial score (nSPS) is 17.5. The van der Waals surface area contributed by atoms with Crippen LogP contribution < -0.4 is 10.6 Å². The zero-order valence-electron chi connectivity index (χ0n) is 13.4. The largest absolute Gasteiger partial charge is 0.376 e. The number of hydrogen-bond acceptors (Lipinski definition) is 3. The Balaban J connectivity index is 1.70. The molecule has 5 heteroatoms. The van der Waals surface area contributed by atoms with Crippen LogP contribution in [0.25, 0.3) is 0 Å². The molecule has 1 unspecified atom stereocenters. The topological polar surface area (TPSA) is 62.7 Å². The van der Waals surface area contributed by atoms with E-state index in [0.717, 1.165) is 25.1 Å². The Labute approximate surface area is 141 Å². The highest BCUT2D eigenvalue weighted by molar-refractivity contribution is 6.09. The molecule has 0 aliphatic carbocycles. The van der Waals surface area contributed by atoms with E-state index in [9.17, 15) is 4.79 Å². The summed E-state index contributed by atoms with van der Waals surface area (Å²) >= 11 is 0. The van der Waals surface area contributed by atoms with Gasteiger partial charge >= 0.3 is 0 Å². The first-order valence-electron chi connectivity index (χ1n) is 8.16. The minimum atomic E-state index is -0.190. The van der Waals surface area contributed by atoms with Crippen LogP contribution in [0.5, 0.6) is 0 Å². The third-order valence-electron chi connectivity index (χ3n) is 3.78. The predicted molar refractivity (Wildman–Crippen MR) is 95.2 cm³/mol. The number of carbonyl (C=O) groups excluding carboxylic acids is 1. The maximum absolute atomic E-state index is 12.4. The van der Waals surface area contributed by atoms with Gasteiger partial charge in [0.2, 0.25) is 5.96 Å². The van der Waals surface area contributed by atoms with Crippen molar-refractivity contribution in [3.8, 4) is 0 Å². The van der Waals surface area contributed by atoms with E-state index in [2.05, 4.69) is 15.6 Å². The van der Waals surface area contributed by atoms with E-state index in [1.165, 1.54) is 0 Å². The van der Waals surface area contributed by atoms with Gasteiger partial charge in [-0.2, -0.15) is 0 Å². The van der Waals surface area contributed by atoms with Gasteiger partial charge < -0.3 is 10.1 Å². The lowest BCUT2D eigenvalue weighted by molar-refractivity contribution is 0.0975. The number of para-hydroxylation sites is 1. The van der Waals surface area contributed by atoms with Crippen LogP contribution in [0.4, 0.5) is 5.69 Å². The molecule has 1 amide bonds. The summed E-state index contributed by atoms with van der Waals surface area (Å²) in [5, 5.41) is 6.02. The minimum Gasteiger partial charge on any atom is -0.376 e. The van der Waals surface area contributed by atoms with Crippen molar-refractivity contribution in [2.24, 2.45) is 4.99 Å². The molecule has 5 nitrogen and oxygen atoms in total. The van der Waals surface area contributed by atoms with Crippen molar-refractivity contribution in [3.63, 3.8) is 0 Å². The van der Waals surface area contributed by atoms with E-state index < -0.39 is 0 Å². The van der Waals surface area contributed by atoms with Crippen molar-refractivity contribution < 1.29 is 9.53 Å². The third kappa shape index (κ3) is 4.67. The number of benzene rings is 2. The molecule has 1 saturated heterocycles. The lowest BCUT2D eigenvalue weighted by atomic mass is 10.2. The Kier molecular flexibility index (Phi) is 5.58. The molecule has 0 aromatic heterocycles. The zero-order chi connectivity index (χ0) is 16.6. The summed E-state index contributed by atoms with van der Waals surface area (Å²) in [6, 6.07) is 18.8. The Hall–Kier alpha value is -2.66. The fraction of sp³-hybridized carbons (Fsp3) is 0.263. The number of aliphatic imine (C=N–C) groups is 1. The van der Waals surface area contributed by atoms with Crippen LogP contribution in [0, 0.1) is 0 Å². The van der Waals surface area contributed by atoms with Gasteiger partial charge in [-0.1, -0.05) is 36.4 Å². The number of guanidine groups is 1. The zero-order valence-corrected chi connectivity index (χ0v) is 13.4. The highest BCUT2D eigenvalue weighted by Gasteiger charge is 2.16. The standard InChI is InChI=1S/C19H21N3O2/c23-18(15-8-3-1-4-9-15)22-19(20-14-17-12-7-13-24-17)21-16-10-5-2-6-11-16/h1-6,8-11,17H,7,12-14H2,(H2,20,21,22,23). The van der Waals surface area contributed by atoms with Gasteiger partial charge in [0.05, 0.1) is 12.6 Å². The smallest absolute Gasteiger partial charge is 0.257 e. The first-order chi connectivity index (χ1) is 11.8. The Morgan fingerprint density at radius 3 is 2.46 bits per heavy atom. The molecule has 124 valence electrons. The second kappa shape index (κ2) is 8.26. The summed E-state index contributed by atoms with van der Waals surface area (Å²) in [4.78, 5) is 16.9. The Bertz CT molecular complexity index is 680. The van der Waals surface area contributed by atoms with Gasteiger partial charge in [0.25, 0.3) is 5.91 Å². The molecule has 0 saturated carbocycles. The highest BCUT2D eigenvalue weighted by Crippen LogP contribution is 2.12. The number of amides is 1. The van der Waals surface area contributed by atoms with Crippen LogP contribution in [0.2, 0.25) is 0 Å². The number of nitrogens with one attached hydrogen (secondary N) is 2. The average Bonchev–Trinajstić information content (AvgIpc) is 3.15. The van der Waals surface area contributed by atoms with Crippen molar-refractivity contribution in [2.75, 3.05) is 18.5 Å². The molecule has 3 rings (SSSR count). The monoisotopic (exact) mass is 323 g/mol. The molecule has 2 N–H and O–H groups in total. The van der Waals surface area contributed by atoms with E-state index in [-0.39, 0.29) is 12.0 Å². The lowest BCUT2D eigenvalue weighted by Gasteiger charge is -2.13. The average molecular weight is 323 g/mol. The predicted octanol–water partition coefficient (Wildman–Crippen LogP) is 3.06. The van der Waals surface area contributed by atoms with E-state index in [1.807, 2.05) is 48.5 Å². The van der Waals surface area contributed by atoms with Crippen LogP contribution in [0.15, 0.2) is 65.7 Å². The summed E-state index contributed by atoms with van der Waals surface area (Å²) in [6.07, 6.45) is 2.21. The molecular weight excluding hydrogens is 302 g/mol. The highest BCUT2D eigenvalue weighted by atomic mass is 16.5. The van der Waals surface area contributed by atoms with E-state index in [0.29, 0.717) is 18.1 Å². The number of rotatable bonds is 4. The summed E-state index contributed by atoms with van der Waals surface area (Å²) < 4.78 is 5.60. The van der Waals surface area contributed by atoms with Crippen molar-refractivity contribution in [3.05, 3.63) is 66.2 Å². The fourth-order valence-corrected chi connectivity index (χ4v) is 2.52. The Morgan fingerprint density at radius 2 is 1.79 bits per heavy atom. The van der Waals surface area contributed by atoms with Gasteiger partial charge in [-0.15, -0.1) is 0 Å². The van der Waals surface area contributed by atoms with Crippen LogP contribution in [-0.2, 0) is 4.74 Å². The summed E-state index contributed by atoms with van der Waals surface area (Å²) in [6.45, 7) is 1.32. The van der Waals surface area contributed by atoms with Crippen LogP contribution in [-0.4, -0.2) is 31.1 Å². The minimum absolute atomic E-state index is 0.131. The molecule has 0 spiro atoms. The summed E-state index contributed by atoms with van der Waals surface area (Å²) in [5.74, 6) is 0.246. The van der Waals surface area contributed by atoms with Gasteiger partial charge in [-0.3, -0.25) is 10.1 Å². The van der Waals surface area contributed by atoms with E-state index in [4.69, 9.17) is 4.74 Å². The molecule has 1 fully saturated rings. The van der Waals surface area contributed by atoms with Gasteiger partial charge in [0.1, 0.15) is 0 Å². The molecular formula is C19H21N3O2. The maximum atomic E-state index is 12.4. The summed E-state index contributed by atoms with van der Waals surface area (Å²) in [5.41, 5.74) is 1.47. The molecule has 0 radical (unpaired) electrons. The van der Waals surface area contributed by atoms with E-state index >= 15 is 0 Å². The molecule has 1 heterocycles. The number of anilines is 1. The fourth-order valence-electron chi connectivity index (χ4n) is 2.52. The van der Waals surface area contributed by atoms with Crippen LogP contribution in [0.3, 0.4) is 0 Å². The van der Waals surface area contributed by atoms with E-state index in [1.54, 1.807) is 12.1 Å². The van der Waals surface area contributed by atoms with Crippen molar-refractivity contribution >= 4 is 17.6 Å². The van der Waals surface area contributed by atoms with Gasteiger partial charge in [0, 0.05) is 17.9 Å². The van der Waals surface area contributed by atoms with Gasteiger partial charge in [-0.05, 0) is 37.1 Å². The van der Waals surface area contributed by atoms with Gasteiger partial charge in [-0.25, -0.2) is 4.99 Å². The molecule has 2 aromatic carbocycles. The van der Waals surface area contributed by atoms with Crippen molar-refractivity contribution in [1.29, 1.82) is 0 Å². The Morgan fingerprint density at radius 1 is 1.08 bits per heavy atom. The third-order valence-corrected chi connectivity index (χ3v) is 3.78. The number of hydrogen-bond donors (Lipinski definition) is 2. The maximum Gasteiger partial charge on any atom is 0.257 e. The number of carbonyl (C=O) groups is 1. The molecule has 1 atom stereocenters. The first-order valence-corrected chi connectivity index (χ1v) is 8.16. The molecule has 2 aromatic rings. The molecule has 1 aliphatic heterocycles. The first kappa shape index (κ1) is 16.2. The number of nitrogens with zero attached hydrogens (tertiary/aromatic N) is 1. The SMILES string of the molecule is O=C(NC(=NCC1CCCO1)Nc1ccccc1)c1ccccc1. The second-order valence-corrected chi connectivity index (χ2v) is 5.64.